The second-order valence-corrected chi connectivity index (χ2v) is 5.07. The molecule has 3 nitrogen and oxygen atoms in total. The fourth-order valence-electron chi connectivity index (χ4n) is 2.46. The van der Waals surface area contributed by atoms with Crippen molar-refractivity contribution in [3.8, 4) is 11.1 Å². The Morgan fingerprint density at radius 2 is 2.06 bits per heavy atom. The van der Waals surface area contributed by atoms with Gasteiger partial charge in [-0.15, -0.1) is 0 Å². The fraction of sp³-hybridized carbons (Fsp3) is 0.357. The molecule has 0 radical (unpaired) electrons. The maximum absolute atomic E-state index is 13.9. The molecule has 0 spiro atoms. The van der Waals surface area contributed by atoms with Crippen LogP contribution in [0.25, 0.3) is 11.1 Å². The van der Waals surface area contributed by atoms with Crippen molar-refractivity contribution in [2.75, 3.05) is 5.73 Å². The van der Waals surface area contributed by atoms with Crippen LogP contribution in [0.2, 0.25) is 0 Å². The fourth-order valence-corrected chi connectivity index (χ4v) is 2.46. The molecule has 4 heteroatoms. The highest BCUT2D eigenvalue weighted by Gasteiger charge is 2.39. The smallest absolute Gasteiger partial charge is 0.131 e. The van der Waals surface area contributed by atoms with Crippen molar-refractivity contribution in [2.45, 2.75) is 19.3 Å². The van der Waals surface area contributed by atoms with Gasteiger partial charge in [0.1, 0.15) is 11.6 Å². The van der Waals surface area contributed by atoms with Gasteiger partial charge < -0.3 is 5.73 Å². The molecule has 2 atom stereocenters. The Bertz CT molecular complexity index is 603. The number of rotatable bonds is 2. The van der Waals surface area contributed by atoms with Crippen molar-refractivity contribution in [1.82, 2.24) is 9.78 Å². The normalized spacial score (nSPS) is 22.2. The number of hydrogen-bond acceptors (Lipinski definition) is 2. The minimum Gasteiger partial charge on any atom is -0.383 e. The molecule has 94 valence electrons. The average molecular weight is 245 g/mol. The lowest BCUT2D eigenvalue weighted by Crippen LogP contribution is -1.98. The van der Waals surface area contributed by atoms with Gasteiger partial charge in [-0.05, 0) is 18.4 Å². The zero-order valence-corrected chi connectivity index (χ0v) is 10.5. The quantitative estimate of drug-likeness (QED) is 0.884. The standard InChI is InChI=1S/C14H16FN3/c1-8-7-10(8)13-12(14(16)18(2)17-13)9-5-3-4-6-11(9)15/h3-6,8,10H,7,16H2,1-2H3. The number of halogens is 1. The molecule has 0 saturated heterocycles. The Hall–Kier alpha value is -1.84. The number of aromatic nitrogens is 2. The SMILES string of the molecule is CC1CC1c1nn(C)c(N)c1-c1ccccc1F. The number of nitrogen functional groups attached to an aromatic ring is 1. The largest absolute Gasteiger partial charge is 0.383 e. The van der Waals surface area contributed by atoms with E-state index in [1.807, 2.05) is 6.07 Å². The van der Waals surface area contributed by atoms with Gasteiger partial charge >= 0.3 is 0 Å². The molecular weight excluding hydrogens is 229 g/mol. The number of nitrogens with two attached hydrogens (primary N) is 1. The predicted octanol–water partition coefficient (Wildman–Crippen LogP) is 2.93. The maximum Gasteiger partial charge on any atom is 0.131 e. The van der Waals surface area contributed by atoms with E-state index in [0.717, 1.165) is 17.7 Å². The molecule has 1 aromatic carbocycles. The van der Waals surface area contributed by atoms with Crippen molar-refractivity contribution in [2.24, 2.45) is 13.0 Å². The van der Waals surface area contributed by atoms with Gasteiger partial charge in [0.25, 0.3) is 0 Å². The molecule has 1 aromatic heterocycles. The van der Waals surface area contributed by atoms with E-state index in [2.05, 4.69) is 12.0 Å². The van der Waals surface area contributed by atoms with Gasteiger partial charge in [0.05, 0.1) is 11.3 Å². The zero-order valence-electron chi connectivity index (χ0n) is 10.5. The molecule has 0 bridgehead atoms. The van der Waals surface area contributed by atoms with Crippen molar-refractivity contribution in [3.63, 3.8) is 0 Å². The third kappa shape index (κ3) is 1.60. The molecule has 1 fully saturated rings. The molecule has 2 unspecified atom stereocenters. The van der Waals surface area contributed by atoms with E-state index < -0.39 is 0 Å². The van der Waals surface area contributed by atoms with E-state index in [4.69, 9.17) is 5.73 Å². The highest BCUT2D eigenvalue weighted by atomic mass is 19.1. The van der Waals surface area contributed by atoms with Gasteiger partial charge in [0, 0.05) is 18.5 Å². The van der Waals surface area contributed by atoms with Crippen molar-refractivity contribution in [3.05, 3.63) is 35.8 Å². The number of nitrogens with zero attached hydrogens (tertiary/aromatic N) is 2. The van der Waals surface area contributed by atoms with Gasteiger partial charge in [0.2, 0.25) is 0 Å². The van der Waals surface area contributed by atoms with E-state index in [9.17, 15) is 4.39 Å². The van der Waals surface area contributed by atoms with E-state index in [-0.39, 0.29) is 5.82 Å². The van der Waals surface area contributed by atoms with Crippen LogP contribution < -0.4 is 5.73 Å². The third-order valence-electron chi connectivity index (χ3n) is 3.72. The number of aryl methyl sites for hydroxylation is 1. The first kappa shape index (κ1) is 11.3. The predicted molar refractivity (Wildman–Crippen MR) is 69.5 cm³/mol. The van der Waals surface area contributed by atoms with Crippen LogP contribution in [-0.2, 0) is 7.05 Å². The number of hydrogen-bond donors (Lipinski definition) is 1. The molecule has 3 rings (SSSR count). The summed E-state index contributed by atoms with van der Waals surface area (Å²) in [6.07, 6.45) is 1.11. The molecular formula is C14H16FN3. The van der Waals surface area contributed by atoms with Crippen LogP contribution in [0.5, 0.6) is 0 Å². The first-order chi connectivity index (χ1) is 8.59. The van der Waals surface area contributed by atoms with Crippen LogP contribution in [-0.4, -0.2) is 9.78 Å². The van der Waals surface area contributed by atoms with Gasteiger partial charge in [-0.2, -0.15) is 5.10 Å². The van der Waals surface area contributed by atoms with Crippen LogP contribution in [0, 0.1) is 11.7 Å². The van der Waals surface area contributed by atoms with Crippen LogP contribution in [0.1, 0.15) is 25.0 Å². The first-order valence-corrected chi connectivity index (χ1v) is 6.17. The second kappa shape index (κ2) is 3.83. The van der Waals surface area contributed by atoms with Crippen molar-refractivity contribution >= 4 is 5.82 Å². The highest BCUT2D eigenvalue weighted by molar-refractivity contribution is 5.78. The van der Waals surface area contributed by atoms with E-state index in [0.29, 0.717) is 23.2 Å². The molecule has 1 aliphatic carbocycles. The molecule has 1 aliphatic rings. The molecule has 1 saturated carbocycles. The molecule has 2 aromatic rings. The lowest BCUT2D eigenvalue weighted by atomic mass is 10.0. The lowest BCUT2D eigenvalue weighted by molar-refractivity contribution is 0.631. The Kier molecular flexibility index (Phi) is 2.40. The summed E-state index contributed by atoms with van der Waals surface area (Å²) in [5, 5.41) is 4.47. The summed E-state index contributed by atoms with van der Waals surface area (Å²) >= 11 is 0. The Balaban J connectivity index is 2.19. The number of benzene rings is 1. The number of anilines is 1. The summed E-state index contributed by atoms with van der Waals surface area (Å²) in [4.78, 5) is 0. The second-order valence-electron chi connectivity index (χ2n) is 5.07. The zero-order chi connectivity index (χ0) is 12.9. The Morgan fingerprint density at radius 1 is 1.39 bits per heavy atom. The van der Waals surface area contributed by atoms with Gasteiger partial charge in [-0.25, -0.2) is 4.39 Å². The van der Waals surface area contributed by atoms with Gasteiger partial charge in [0.15, 0.2) is 0 Å². The topological polar surface area (TPSA) is 43.8 Å². The molecule has 0 aliphatic heterocycles. The monoisotopic (exact) mass is 245 g/mol. The van der Waals surface area contributed by atoms with Crippen LogP contribution in [0.3, 0.4) is 0 Å². The average Bonchev–Trinajstić information content (AvgIpc) is 2.99. The molecule has 2 N–H and O–H groups in total. The van der Waals surface area contributed by atoms with Crippen molar-refractivity contribution < 1.29 is 4.39 Å². The Labute approximate surface area is 105 Å². The van der Waals surface area contributed by atoms with Crippen LogP contribution in [0.4, 0.5) is 10.2 Å². The summed E-state index contributed by atoms with van der Waals surface area (Å²) in [6.45, 7) is 2.18. The summed E-state index contributed by atoms with van der Waals surface area (Å²) in [5.41, 5.74) is 8.31. The summed E-state index contributed by atoms with van der Waals surface area (Å²) in [5.74, 6) is 1.33. The van der Waals surface area contributed by atoms with Crippen LogP contribution >= 0.6 is 0 Å². The van der Waals surface area contributed by atoms with E-state index in [1.165, 1.54) is 6.07 Å². The van der Waals surface area contributed by atoms with Crippen LogP contribution in [0.15, 0.2) is 24.3 Å². The minimum atomic E-state index is -0.244. The van der Waals surface area contributed by atoms with Gasteiger partial charge in [-0.1, -0.05) is 25.1 Å². The third-order valence-corrected chi connectivity index (χ3v) is 3.72. The molecule has 1 heterocycles. The summed E-state index contributed by atoms with van der Waals surface area (Å²) in [7, 11) is 1.80. The maximum atomic E-state index is 13.9. The minimum absolute atomic E-state index is 0.244. The summed E-state index contributed by atoms with van der Waals surface area (Å²) < 4.78 is 15.6. The first-order valence-electron chi connectivity index (χ1n) is 6.17. The highest BCUT2D eigenvalue weighted by Crippen LogP contribution is 2.50. The van der Waals surface area contributed by atoms with Gasteiger partial charge in [-0.3, -0.25) is 4.68 Å². The van der Waals surface area contributed by atoms with Crippen molar-refractivity contribution in [1.29, 1.82) is 0 Å². The Morgan fingerprint density at radius 3 is 2.67 bits per heavy atom. The van der Waals surface area contributed by atoms with E-state index >= 15 is 0 Å². The molecule has 18 heavy (non-hydrogen) atoms. The van der Waals surface area contributed by atoms with E-state index in [1.54, 1.807) is 23.9 Å². The summed E-state index contributed by atoms with van der Waals surface area (Å²) in [6, 6.07) is 6.73. The molecule has 0 amide bonds. The lowest BCUT2D eigenvalue weighted by Gasteiger charge is -2.05.